The van der Waals surface area contributed by atoms with E-state index in [9.17, 15) is 17.6 Å². The number of nitrogens with one attached hydrogen (secondary N) is 3. The van der Waals surface area contributed by atoms with Gasteiger partial charge in [-0.3, -0.25) is 4.79 Å². The molecule has 156 valence electrons. The second kappa shape index (κ2) is 9.51. The number of hydrogen-bond acceptors (Lipinski definition) is 4. The molecule has 0 saturated heterocycles. The summed E-state index contributed by atoms with van der Waals surface area (Å²) in [4.78, 5) is 12.5. The first-order valence-electron chi connectivity index (χ1n) is 9.38. The number of halogens is 1. The molecule has 30 heavy (non-hydrogen) atoms. The van der Waals surface area contributed by atoms with Gasteiger partial charge >= 0.3 is 0 Å². The third-order valence-electron chi connectivity index (χ3n) is 4.36. The zero-order valence-corrected chi connectivity index (χ0v) is 17.1. The molecule has 3 rings (SSSR count). The Morgan fingerprint density at radius 1 is 0.867 bits per heavy atom. The molecule has 3 aromatic carbocycles. The predicted octanol–water partition coefficient (Wildman–Crippen LogP) is 4.26. The lowest BCUT2D eigenvalue weighted by molar-refractivity contribution is -0.117. The summed E-state index contributed by atoms with van der Waals surface area (Å²) >= 11 is 0. The fraction of sp³-hybridized carbons (Fsp3) is 0.136. The number of rotatable bonds is 8. The van der Waals surface area contributed by atoms with E-state index in [0.717, 1.165) is 35.6 Å². The van der Waals surface area contributed by atoms with Crippen molar-refractivity contribution in [3.05, 3.63) is 84.7 Å². The third kappa shape index (κ3) is 5.65. The van der Waals surface area contributed by atoms with Gasteiger partial charge in [-0.1, -0.05) is 25.1 Å². The number of amides is 1. The van der Waals surface area contributed by atoms with Crippen LogP contribution in [-0.2, 0) is 14.8 Å². The molecular formula is C22H22FN3O3S. The number of para-hydroxylation sites is 1. The average molecular weight is 428 g/mol. The molecule has 1 atom stereocenters. The van der Waals surface area contributed by atoms with Crippen LogP contribution >= 0.6 is 0 Å². The number of benzene rings is 3. The number of sulfonamides is 1. The molecule has 0 aliphatic rings. The van der Waals surface area contributed by atoms with E-state index >= 15 is 0 Å². The topological polar surface area (TPSA) is 87.3 Å². The van der Waals surface area contributed by atoms with Crippen LogP contribution in [0.15, 0.2) is 83.8 Å². The van der Waals surface area contributed by atoms with Crippen molar-refractivity contribution in [2.24, 2.45) is 0 Å². The van der Waals surface area contributed by atoms with Gasteiger partial charge in [-0.15, -0.1) is 0 Å². The van der Waals surface area contributed by atoms with Crippen LogP contribution < -0.4 is 15.4 Å². The fourth-order valence-electron chi connectivity index (χ4n) is 2.75. The number of anilines is 3. The minimum absolute atomic E-state index is 0.105. The highest BCUT2D eigenvalue weighted by molar-refractivity contribution is 7.89. The predicted molar refractivity (Wildman–Crippen MR) is 116 cm³/mol. The smallest absolute Gasteiger partial charge is 0.242 e. The molecule has 1 unspecified atom stereocenters. The van der Waals surface area contributed by atoms with Crippen molar-refractivity contribution in [2.45, 2.75) is 24.3 Å². The van der Waals surface area contributed by atoms with Crippen molar-refractivity contribution in [3.63, 3.8) is 0 Å². The molecule has 8 heteroatoms. The van der Waals surface area contributed by atoms with Gasteiger partial charge in [-0.25, -0.2) is 12.8 Å². The van der Waals surface area contributed by atoms with Crippen LogP contribution in [0.3, 0.4) is 0 Å². The highest BCUT2D eigenvalue weighted by atomic mass is 32.2. The molecule has 0 heterocycles. The van der Waals surface area contributed by atoms with Gasteiger partial charge in [-0.2, -0.15) is 4.72 Å². The van der Waals surface area contributed by atoms with Gasteiger partial charge in [0.2, 0.25) is 15.9 Å². The Bertz CT molecular complexity index is 1090. The molecule has 0 radical (unpaired) electrons. The summed E-state index contributed by atoms with van der Waals surface area (Å²) in [6.07, 6.45) is 0.250. The highest BCUT2D eigenvalue weighted by Crippen LogP contribution is 2.19. The molecule has 0 spiro atoms. The molecule has 1 amide bonds. The third-order valence-corrected chi connectivity index (χ3v) is 5.85. The van der Waals surface area contributed by atoms with Gasteiger partial charge in [0.1, 0.15) is 11.9 Å². The Morgan fingerprint density at radius 3 is 2.03 bits per heavy atom. The van der Waals surface area contributed by atoms with Crippen molar-refractivity contribution in [1.29, 1.82) is 0 Å². The molecular weight excluding hydrogens is 405 g/mol. The Labute approximate surface area is 175 Å². The van der Waals surface area contributed by atoms with Gasteiger partial charge in [0.05, 0.1) is 4.90 Å². The monoisotopic (exact) mass is 427 g/mol. The van der Waals surface area contributed by atoms with Gasteiger partial charge < -0.3 is 10.6 Å². The second-order valence-electron chi connectivity index (χ2n) is 6.59. The Balaban J connectivity index is 1.64. The molecule has 6 nitrogen and oxygen atoms in total. The van der Waals surface area contributed by atoms with Crippen molar-refractivity contribution in [1.82, 2.24) is 4.72 Å². The maximum Gasteiger partial charge on any atom is 0.242 e. The van der Waals surface area contributed by atoms with Gasteiger partial charge in [0.15, 0.2) is 0 Å². The van der Waals surface area contributed by atoms with Crippen molar-refractivity contribution in [3.8, 4) is 0 Å². The number of carbonyl (C=O) groups is 1. The maximum absolute atomic E-state index is 13.0. The first kappa shape index (κ1) is 21.5. The van der Waals surface area contributed by atoms with Crippen LogP contribution in [0.1, 0.15) is 13.3 Å². The fourth-order valence-corrected chi connectivity index (χ4v) is 4.02. The van der Waals surface area contributed by atoms with E-state index in [0.29, 0.717) is 5.69 Å². The van der Waals surface area contributed by atoms with E-state index in [2.05, 4.69) is 15.4 Å². The molecule has 0 bridgehead atoms. The zero-order chi connectivity index (χ0) is 21.6. The quantitative estimate of drug-likeness (QED) is 0.501. The SMILES string of the molecule is CCC(NS(=O)(=O)c1ccc(F)cc1)C(=O)Nc1ccc(Nc2ccccc2)cc1. The number of carbonyl (C=O) groups excluding carboxylic acids is 1. The largest absolute Gasteiger partial charge is 0.356 e. The first-order valence-corrected chi connectivity index (χ1v) is 10.9. The molecule has 0 aromatic heterocycles. The lowest BCUT2D eigenvalue weighted by atomic mass is 10.2. The van der Waals surface area contributed by atoms with E-state index in [1.165, 1.54) is 0 Å². The molecule has 0 aliphatic carbocycles. The summed E-state index contributed by atoms with van der Waals surface area (Å²) in [5.41, 5.74) is 2.33. The summed E-state index contributed by atoms with van der Waals surface area (Å²) < 4.78 is 40.3. The minimum atomic E-state index is -3.95. The Hall–Kier alpha value is -3.23. The van der Waals surface area contributed by atoms with Crippen LogP contribution in [-0.4, -0.2) is 20.4 Å². The van der Waals surface area contributed by atoms with Crippen LogP contribution in [0.25, 0.3) is 0 Å². The maximum atomic E-state index is 13.0. The zero-order valence-electron chi connectivity index (χ0n) is 16.3. The van der Waals surface area contributed by atoms with E-state index in [4.69, 9.17) is 0 Å². The molecule has 0 aliphatic heterocycles. The second-order valence-corrected chi connectivity index (χ2v) is 8.31. The molecule has 3 N–H and O–H groups in total. The van der Waals surface area contributed by atoms with E-state index in [1.807, 2.05) is 42.5 Å². The molecule has 3 aromatic rings. The molecule has 0 fully saturated rings. The summed E-state index contributed by atoms with van der Waals surface area (Å²) in [7, 11) is -3.95. The van der Waals surface area contributed by atoms with Crippen molar-refractivity contribution >= 4 is 33.0 Å². The van der Waals surface area contributed by atoms with Gasteiger partial charge in [0, 0.05) is 17.1 Å². The van der Waals surface area contributed by atoms with Crippen molar-refractivity contribution in [2.75, 3.05) is 10.6 Å². The lowest BCUT2D eigenvalue weighted by Crippen LogP contribution is -2.43. The summed E-state index contributed by atoms with van der Waals surface area (Å²) in [5, 5.41) is 5.95. The lowest BCUT2D eigenvalue weighted by Gasteiger charge is -2.17. The number of hydrogen-bond donors (Lipinski definition) is 3. The highest BCUT2D eigenvalue weighted by Gasteiger charge is 2.24. The Kier molecular flexibility index (Phi) is 6.81. The summed E-state index contributed by atoms with van der Waals surface area (Å²) in [6.45, 7) is 1.70. The van der Waals surface area contributed by atoms with E-state index in [1.54, 1.807) is 19.1 Å². The average Bonchev–Trinajstić information content (AvgIpc) is 2.74. The van der Waals surface area contributed by atoms with Gasteiger partial charge in [-0.05, 0) is 67.1 Å². The molecule has 0 saturated carbocycles. The van der Waals surface area contributed by atoms with Gasteiger partial charge in [0.25, 0.3) is 0 Å². The van der Waals surface area contributed by atoms with Crippen LogP contribution in [0, 0.1) is 5.82 Å². The normalized spacial score (nSPS) is 12.2. The van der Waals surface area contributed by atoms with E-state index in [-0.39, 0.29) is 11.3 Å². The summed E-state index contributed by atoms with van der Waals surface area (Å²) in [6, 6.07) is 20.2. The van der Waals surface area contributed by atoms with Crippen LogP contribution in [0.4, 0.5) is 21.5 Å². The minimum Gasteiger partial charge on any atom is -0.356 e. The van der Waals surface area contributed by atoms with Crippen molar-refractivity contribution < 1.29 is 17.6 Å². The Morgan fingerprint density at radius 2 is 1.43 bits per heavy atom. The standard InChI is InChI=1S/C22H22FN3O3S/c1-2-21(26-30(28,29)20-14-8-16(23)9-15-20)22(27)25-19-12-10-18(11-13-19)24-17-6-4-3-5-7-17/h3-15,21,24,26H,2H2,1H3,(H,25,27). The van der Waals surface area contributed by atoms with Crippen LogP contribution in [0.2, 0.25) is 0 Å². The summed E-state index contributed by atoms with van der Waals surface area (Å²) in [5.74, 6) is -1.02. The first-order chi connectivity index (χ1) is 14.4. The van der Waals surface area contributed by atoms with Crippen LogP contribution in [0.5, 0.6) is 0 Å². The van der Waals surface area contributed by atoms with E-state index < -0.39 is 27.8 Å².